The van der Waals surface area contributed by atoms with Gasteiger partial charge in [0.25, 0.3) is 0 Å². The summed E-state index contributed by atoms with van der Waals surface area (Å²) in [4.78, 5) is 0. The van der Waals surface area contributed by atoms with Crippen molar-refractivity contribution in [2.45, 2.75) is 12.5 Å². The Labute approximate surface area is 62.4 Å². The van der Waals surface area contributed by atoms with Gasteiger partial charge in [0.05, 0.1) is 5.75 Å². The summed E-state index contributed by atoms with van der Waals surface area (Å²) in [6.45, 7) is 0. The molecule has 0 amide bonds. The summed E-state index contributed by atoms with van der Waals surface area (Å²) in [6.07, 6.45) is 0.766. The SMILES string of the molecule is Cl.NC1CCS(O)(O)C1. The van der Waals surface area contributed by atoms with Gasteiger partial charge in [-0.15, -0.1) is 12.4 Å². The fourth-order valence-electron chi connectivity index (χ4n) is 0.850. The van der Waals surface area contributed by atoms with Gasteiger partial charge in [0.15, 0.2) is 0 Å². The van der Waals surface area contributed by atoms with E-state index in [1.54, 1.807) is 0 Å². The minimum absolute atomic E-state index is 0. The van der Waals surface area contributed by atoms with Gasteiger partial charge in [-0.2, -0.15) is 10.6 Å². The second kappa shape index (κ2) is 3.07. The molecule has 3 nitrogen and oxygen atoms in total. The maximum Gasteiger partial charge on any atom is 0.0526 e. The van der Waals surface area contributed by atoms with Crippen molar-refractivity contribution >= 4 is 23.0 Å². The van der Waals surface area contributed by atoms with Gasteiger partial charge >= 0.3 is 0 Å². The minimum atomic E-state index is -2.22. The summed E-state index contributed by atoms with van der Waals surface area (Å²) in [6, 6.07) is 0.0278. The lowest BCUT2D eigenvalue weighted by molar-refractivity contribution is 0.494. The molecule has 1 atom stereocenters. The average molecular weight is 174 g/mol. The molecule has 0 radical (unpaired) electrons. The highest BCUT2D eigenvalue weighted by Gasteiger charge is 2.24. The Morgan fingerprint density at radius 2 is 2.00 bits per heavy atom. The third-order valence-electron chi connectivity index (χ3n) is 1.30. The molecule has 0 bridgehead atoms. The summed E-state index contributed by atoms with van der Waals surface area (Å²) in [7, 11) is -2.22. The first-order valence-electron chi connectivity index (χ1n) is 2.59. The van der Waals surface area contributed by atoms with Crippen molar-refractivity contribution in [2.75, 3.05) is 11.5 Å². The summed E-state index contributed by atoms with van der Waals surface area (Å²) in [5.74, 6) is 0.918. The van der Waals surface area contributed by atoms with Gasteiger partial charge in [0.1, 0.15) is 0 Å². The summed E-state index contributed by atoms with van der Waals surface area (Å²) in [5, 5.41) is 0. The van der Waals surface area contributed by atoms with E-state index in [0.717, 1.165) is 6.42 Å². The molecular weight excluding hydrogens is 162 g/mol. The summed E-state index contributed by atoms with van der Waals surface area (Å²) >= 11 is 0. The zero-order chi connectivity index (χ0) is 6.20. The van der Waals surface area contributed by atoms with Crippen molar-refractivity contribution in [1.82, 2.24) is 0 Å². The minimum Gasteiger partial charge on any atom is -0.326 e. The van der Waals surface area contributed by atoms with E-state index in [1.807, 2.05) is 0 Å². The Hall–Kier alpha value is 0.520. The smallest absolute Gasteiger partial charge is 0.0526 e. The molecular formula is C4H12ClNO2S. The first kappa shape index (κ1) is 9.52. The van der Waals surface area contributed by atoms with Gasteiger partial charge < -0.3 is 5.73 Å². The lowest BCUT2D eigenvalue weighted by atomic mass is 10.3. The van der Waals surface area contributed by atoms with E-state index in [-0.39, 0.29) is 18.4 Å². The molecule has 0 aromatic rings. The lowest BCUT2D eigenvalue weighted by Crippen LogP contribution is -2.19. The first-order chi connectivity index (χ1) is 3.60. The Kier molecular flexibility index (Phi) is 3.25. The van der Waals surface area contributed by atoms with Gasteiger partial charge in [0, 0.05) is 11.8 Å². The second-order valence-electron chi connectivity index (χ2n) is 2.22. The highest BCUT2D eigenvalue weighted by Crippen LogP contribution is 2.44. The van der Waals surface area contributed by atoms with Crippen LogP contribution in [0.4, 0.5) is 0 Å². The second-order valence-corrected chi connectivity index (χ2v) is 4.57. The van der Waals surface area contributed by atoms with Gasteiger partial charge in [-0.25, -0.2) is 0 Å². The standard InChI is InChI=1S/C4H11NO2S.ClH/c5-4-1-2-8(6,7)3-4;/h4,6-7H,1-3,5H2;1H. The molecule has 1 heterocycles. The predicted molar refractivity (Wildman–Crippen MR) is 42.4 cm³/mol. The third kappa shape index (κ3) is 2.73. The summed E-state index contributed by atoms with van der Waals surface area (Å²) < 4.78 is 17.8. The van der Waals surface area contributed by atoms with Crippen LogP contribution in [0.3, 0.4) is 0 Å². The van der Waals surface area contributed by atoms with Crippen molar-refractivity contribution in [2.24, 2.45) is 5.73 Å². The molecule has 1 fully saturated rings. The van der Waals surface area contributed by atoms with Gasteiger partial charge in [0.2, 0.25) is 0 Å². The average Bonchev–Trinajstić information content (AvgIpc) is 1.82. The topological polar surface area (TPSA) is 66.5 Å². The molecule has 0 aromatic heterocycles. The first-order valence-corrected chi connectivity index (χ1v) is 4.48. The van der Waals surface area contributed by atoms with Gasteiger partial charge in [-0.3, -0.25) is 9.11 Å². The zero-order valence-electron chi connectivity index (χ0n) is 4.99. The molecule has 0 saturated carbocycles. The van der Waals surface area contributed by atoms with Crippen LogP contribution in [0.5, 0.6) is 0 Å². The fourth-order valence-corrected chi connectivity index (χ4v) is 2.55. The molecule has 1 aliphatic heterocycles. The maximum absolute atomic E-state index is 8.92. The van der Waals surface area contributed by atoms with Crippen LogP contribution in [0, 0.1) is 0 Å². The van der Waals surface area contributed by atoms with Crippen molar-refractivity contribution < 1.29 is 9.11 Å². The molecule has 0 spiro atoms. The van der Waals surface area contributed by atoms with Crippen LogP contribution in [0.15, 0.2) is 0 Å². The molecule has 4 N–H and O–H groups in total. The molecule has 1 saturated heterocycles. The molecule has 1 rings (SSSR count). The molecule has 5 heteroatoms. The maximum atomic E-state index is 8.92. The quantitative estimate of drug-likeness (QED) is 0.510. The van der Waals surface area contributed by atoms with E-state index in [2.05, 4.69) is 0 Å². The number of rotatable bonds is 0. The van der Waals surface area contributed by atoms with Crippen LogP contribution in [0.2, 0.25) is 0 Å². The van der Waals surface area contributed by atoms with E-state index in [1.165, 1.54) is 0 Å². The molecule has 58 valence electrons. The van der Waals surface area contributed by atoms with Gasteiger partial charge in [-0.05, 0) is 6.42 Å². The molecule has 0 aromatic carbocycles. The van der Waals surface area contributed by atoms with Crippen LogP contribution < -0.4 is 5.73 Å². The largest absolute Gasteiger partial charge is 0.326 e. The number of nitrogens with two attached hydrogens (primary N) is 1. The van der Waals surface area contributed by atoms with Crippen LogP contribution in [-0.2, 0) is 0 Å². The van der Waals surface area contributed by atoms with E-state index in [0.29, 0.717) is 11.5 Å². The number of hydrogen-bond acceptors (Lipinski definition) is 3. The van der Waals surface area contributed by atoms with Crippen LogP contribution in [-0.4, -0.2) is 26.7 Å². The predicted octanol–water partition coefficient (Wildman–Crippen LogP) is 0.890. The highest BCUT2D eigenvalue weighted by molar-refractivity contribution is 8.24. The van der Waals surface area contributed by atoms with E-state index in [9.17, 15) is 0 Å². The molecule has 1 aliphatic rings. The Morgan fingerprint density at radius 1 is 1.44 bits per heavy atom. The van der Waals surface area contributed by atoms with Crippen LogP contribution >= 0.6 is 23.0 Å². The van der Waals surface area contributed by atoms with Crippen molar-refractivity contribution in [3.8, 4) is 0 Å². The molecule has 0 aliphatic carbocycles. The van der Waals surface area contributed by atoms with Gasteiger partial charge in [-0.1, -0.05) is 0 Å². The zero-order valence-corrected chi connectivity index (χ0v) is 6.62. The van der Waals surface area contributed by atoms with E-state index < -0.39 is 10.6 Å². The summed E-state index contributed by atoms with van der Waals surface area (Å²) in [5.41, 5.74) is 5.41. The van der Waals surface area contributed by atoms with Crippen LogP contribution in [0.25, 0.3) is 0 Å². The highest BCUT2D eigenvalue weighted by atomic mass is 35.5. The monoisotopic (exact) mass is 173 g/mol. The Bertz CT molecular complexity index is 101. The molecule has 9 heavy (non-hydrogen) atoms. The number of halogens is 1. The van der Waals surface area contributed by atoms with E-state index >= 15 is 0 Å². The van der Waals surface area contributed by atoms with Crippen molar-refractivity contribution in [1.29, 1.82) is 0 Å². The van der Waals surface area contributed by atoms with E-state index in [4.69, 9.17) is 14.8 Å². The van der Waals surface area contributed by atoms with Crippen molar-refractivity contribution in [3.05, 3.63) is 0 Å². The van der Waals surface area contributed by atoms with Crippen molar-refractivity contribution in [3.63, 3.8) is 0 Å². The third-order valence-corrected chi connectivity index (χ3v) is 3.15. The Morgan fingerprint density at radius 3 is 2.11 bits per heavy atom. The fraction of sp³-hybridized carbons (Fsp3) is 1.00. The lowest BCUT2D eigenvalue weighted by Gasteiger charge is -2.25. The number of hydrogen-bond donors (Lipinski definition) is 3. The normalized spacial score (nSPS) is 35.2. The molecule has 1 unspecified atom stereocenters. The Balaban J connectivity index is 0.000000640. The van der Waals surface area contributed by atoms with Crippen LogP contribution in [0.1, 0.15) is 6.42 Å².